The Labute approximate surface area is 189 Å². The Morgan fingerprint density at radius 2 is 2.12 bits per heavy atom. The van der Waals surface area contributed by atoms with E-state index in [0.29, 0.717) is 25.6 Å². The van der Waals surface area contributed by atoms with Crippen molar-refractivity contribution >= 4 is 39.1 Å². The third-order valence-electron chi connectivity index (χ3n) is 5.32. The standard InChI is InChI=1S/C22H23N7O2S/c1-23-22(28-9-10-29(20(30)14-28)15-11-25-27(2)13-15)24-12-16-7-8-18(31-16)21-26-17-5-3-4-6-19(17)32-21/h3-8,11,13H,9-10,12,14H2,1-2H3,(H,23,24). The predicted octanol–water partition coefficient (Wildman–Crippen LogP) is 2.71. The van der Waals surface area contributed by atoms with E-state index in [0.717, 1.165) is 32.4 Å². The van der Waals surface area contributed by atoms with E-state index in [1.54, 1.807) is 34.2 Å². The van der Waals surface area contributed by atoms with E-state index >= 15 is 0 Å². The molecule has 32 heavy (non-hydrogen) atoms. The molecular weight excluding hydrogens is 426 g/mol. The zero-order valence-corrected chi connectivity index (χ0v) is 18.7. The van der Waals surface area contributed by atoms with Gasteiger partial charge in [-0.2, -0.15) is 5.10 Å². The quantitative estimate of drug-likeness (QED) is 0.381. The van der Waals surface area contributed by atoms with E-state index in [9.17, 15) is 4.79 Å². The minimum atomic E-state index is 0.0170. The fourth-order valence-corrected chi connectivity index (χ4v) is 4.67. The fourth-order valence-electron chi connectivity index (χ4n) is 3.74. The molecule has 0 spiro atoms. The van der Waals surface area contributed by atoms with Crippen molar-refractivity contribution in [1.29, 1.82) is 0 Å². The summed E-state index contributed by atoms with van der Waals surface area (Å²) >= 11 is 1.61. The molecule has 1 amide bonds. The molecule has 4 aromatic rings. The number of benzene rings is 1. The number of hydrogen-bond donors (Lipinski definition) is 1. The summed E-state index contributed by atoms with van der Waals surface area (Å²) in [6.45, 7) is 1.97. The number of piperazine rings is 1. The number of rotatable bonds is 4. The van der Waals surface area contributed by atoms with Crippen molar-refractivity contribution in [1.82, 2.24) is 25.0 Å². The van der Waals surface area contributed by atoms with Gasteiger partial charge >= 0.3 is 0 Å². The van der Waals surface area contributed by atoms with Crippen molar-refractivity contribution in [2.75, 3.05) is 31.6 Å². The lowest BCUT2D eigenvalue weighted by Crippen LogP contribution is -2.55. The van der Waals surface area contributed by atoms with Crippen LogP contribution in [0.25, 0.3) is 21.0 Å². The number of carbonyl (C=O) groups excluding carboxylic acids is 1. The normalized spacial score (nSPS) is 15.1. The summed E-state index contributed by atoms with van der Waals surface area (Å²) < 4.78 is 8.84. The van der Waals surface area contributed by atoms with Crippen LogP contribution in [0.3, 0.4) is 0 Å². The van der Waals surface area contributed by atoms with Crippen LogP contribution in [0.2, 0.25) is 0 Å². The molecule has 0 saturated carbocycles. The number of nitrogens with one attached hydrogen (secondary N) is 1. The molecule has 1 N–H and O–H groups in total. The lowest BCUT2D eigenvalue weighted by Gasteiger charge is -2.35. The first-order chi connectivity index (χ1) is 15.6. The van der Waals surface area contributed by atoms with Gasteiger partial charge in [0.2, 0.25) is 5.91 Å². The largest absolute Gasteiger partial charge is 0.457 e. The third kappa shape index (κ3) is 3.96. The van der Waals surface area contributed by atoms with Crippen LogP contribution in [0.4, 0.5) is 5.69 Å². The van der Waals surface area contributed by atoms with E-state index in [2.05, 4.69) is 26.5 Å². The van der Waals surface area contributed by atoms with Gasteiger partial charge in [0.25, 0.3) is 0 Å². The lowest BCUT2D eigenvalue weighted by atomic mass is 10.3. The highest BCUT2D eigenvalue weighted by Crippen LogP contribution is 2.31. The Morgan fingerprint density at radius 3 is 2.88 bits per heavy atom. The minimum Gasteiger partial charge on any atom is -0.457 e. The highest BCUT2D eigenvalue weighted by molar-refractivity contribution is 7.21. The number of para-hydroxylation sites is 1. The van der Waals surface area contributed by atoms with Crippen molar-refractivity contribution in [2.45, 2.75) is 6.54 Å². The number of anilines is 1. The number of hydrogen-bond acceptors (Lipinski definition) is 6. The molecule has 0 radical (unpaired) electrons. The SMILES string of the molecule is CN=C(NCc1ccc(-c2nc3ccccc3s2)o1)N1CCN(c2cnn(C)c2)C(=O)C1. The van der Waals surface area contributed by atoms with E-state index in [1.807, 2.05) is 48.5 Å². The Balaban J connectivity index is 1.21. The van der Waals surface area contributed by atoms with Crippen molar-refractivity contribution < 1.29 is 9.21 Å². The molecule has 1 fully saturated rings. The molecule has 0 atom stereocenters. The lowest BCUT2D eigenvalue weighted by molar-refractivity contribution is -0.120. The van der Waals surface area contributed by atoms with Gasteiger partial charge in [-0.1, -0.05) is 12.1 Å². The zero-order chi connectivity index (χ0) is 22.1. The highest BCUT2D eigenvalue weighted by atomic mass is 32.1. The molecule has 3 aromatic heterocycles. The summed E-state index contributed by atoms with van der Waals surface area (Å²) in [4.78, 5) is 25.4. The third-order valence-corrected chi connectivity index (χ3v) is 6.37. The van der Waals surface area contributed by atoms with Gasteiger partial charge in [0, 0.05) is 33.4 Å². The van der Waals surface area contributed by atoms with Crippen molar-refractivity contribution in [3.63, 3.8) is 0 Å². The van der Waals surface area contributed by atoms with Gasteiger partial charge in [-0.3, -0.25) is 14.5 Å². The molecule has 1 saturated heterocycles. The second-order valence-electron chi connectivity index (χ2n) is 7.49. The number of guanidine groups is 1. The summed E-state index contributed by atoms with van der Waals surface area (Å²) in [5.41, 5.74) is 1.79. The van der Waals surface area contributed by atoms with Gasteiger partial charge in [0.05, 0.1) is 28.6 Å². The van der Waals surface area contributed by atoms with E-state index in [-0.39, 0.29) is 12.5 Å². The Kier molecular flexibility index (Phi) is 5.36. The Morgan fingerprint density at radius 1 is 1.25 bits per heavy atom. The maximum absolute atomic E-state index is 12.7. The summed E-state index contributed by atoms with van der Waals surface area (Å²) in [7, 11) is 3.56. The number of furan rings is 1. The minimum absolute atomic E-state index is 0.0170. The average molecular weight is 450 g/mol. The van der Waals surface area contributed by atoms with Crippen LogP contribution >= 0.6 is 11.3 Å². The monoisotopic (exact) mass is 449 g/mol. The zero-order valence-electron chi connectivity index (χ0n) is 17.9. The van der Waals surface area contributed by atoms with Crippen LogP contribution in [-0.2, 0) is 18.4 Å². The van der Waals surface area contributed by atoms with Crippen LogP contribution < -0.4 is 10.2 Å². The molecular formula is C22H23N7O2S. The smallest absolute Gasteiger partial charge is 0.246 e. The van der Waals surface area contributed by atoms with Gasteiger partial charge in [0.15, 0.2) is 16.7 Å². The van der Waals surface area contributed by atoms with Gasteiger partial charge in [-0.25, -0.2) is 4.98 Å². The number of nitrogens with zero attached hydrogens (tertiary/aromatic N) is 6. The number of thiazole rings is 1. The molecule has 4 heterocycles. The second-order valence-corrected chi connectivity index (χ2v) is 8.52. The van der Waals surface area contributed by atoms with Gasteiger partial charge in [-0.15, -0.1) is 11.3 Å². The van der Waals surface area contributed by atoms with E-state index < -0.39 is 0 Å². The van der Waals surface area contributed by atoms with Crippen molar-refractivity contribution in [3.05, 3.63) is 54.6 Å². The Bertz CT molecular complexity index is 1260. The fraction of sp³-hybridized carbons (Fsp3) is 0.273. The first kappa shape index (κ1) is 20.3. The maximum atomic E-state index is 12.7. The topological polar surface area (TPSA) is 91.8 Å². The average Bonchev–Trinajstić information content (AvgIpc) is 3.53. The number of carbonyl (C=O) groups is 1. The highest BCUT2D eigenvalue weighted by Gasteiger charge is 2.27. The van der Waals surface area contributed by atoms with Gasteiger partial charge in [0.1, 0.15) is 12.3 Å². The van der Waals surface area contributed by atoms with E-state index in [4.69, 9.17) is 4.42 Å². The van der Waals surface area contributed by atoms with Crippen LogP contribution in [0, 0.1) is 0 Å². The van der Waals surface area contributed by atoms with Crippen molar-refractivity contribution in [3.8, 4) is 10.8 Å². The van der Waals surface area contributed by atoms with Crippen molar-refractivity contribution in [2.24, 2.45) is 12.0 Å². The predicted molar refractivity (Wildman–Crippen MR) is 125 cm³/mol. The van der Waals surface area contributed by atoms with Crippen LogP contribution in [-0.4, -0.2) is 58.2 Å². The number of aromatic nitrogens is 3. The first-order valence-electron chi connectivity index (χ1n) is 10.3. The molecule has 5 rings (SSSR count). The summed E-state index contributed by atoms with van der Waals surface area (Å²) in [5.74, 6) is 2.21. The van der Waals surface area contributed by atoms with Gasteiger partial charge < -0.3 is 19.5 Å². The number of amides is 1. The van der Waals surface area contributed by atoms with E-state index in [1.165, 1.54) is 0 Å². The van der Waals surface area contributed by atoms with Crippen LogP contribution in [0.15, 0.2) is 58.2 Å². The molecule has 9 nitrogen and oxygen atoms in total. The second kappa shape index (κ2) is 8.46. The first-order valence-corrected chi connectivity index (χ1v) is 11.1. The molecule has 1 aromatic carbocycles. The summed E-state index contributed by atoms with van der Waals surface area (Å²) in [6.07, 6.45) is 3.56. The molecule has 0 unspecified atom stereocenters. The number of aryl methyl sites for hydroxylation is 1. The molecule has 0 bridgehead atoms. The molecule has 10 heteroatoms. The number of aliphatic imine (C=N–C) groups is 1. The summed E-state index contributed by atoms with van der Waals surface area (Å²) in [5, 5.41) is 8.32. The maximum Gasteiger partial charge on any atom is 0.246 e. The van der Waals surface area contributed by atoms with Gasteiger partial charge in [-0.05, 0) is 24.3 Å². The molecule has 164 valence electrons. The molecule has 1 aliphatic heterocycles. The summed E-state index contributed by atoms with van der Waals surface area (Å²) in [6, 6.07) is 11.9. The van der Waals surface area contributed by atoms with Crippen LogP contribution in [0.1, 0.15) is 5.76 Å². The number of fused-ring (bicyclic) bond motifs is 1. The molecule has 1 aliphatic rings. The molecule has 0 aliphatic carbocycles. The van der Waals surface area contributed by atoms with Crippen LogP contribution in [0.5, 0.6) is 0 Å². The Hall–Kier alpha value is -3.66.